The first-order chi connectivity index (χ1) is 34.8. The number of piperidine rings is 3. The molecule has 2 amide bonds. The number of halogens is 1. The molecule has 11 rings (SSSR count). The minimum atomic E-state index is -2.78. The van der Waals surface area contributed by atoms with Crippen molar-refractivity contribution in [2.24, 2.45) is 13.0 Å². The molecule has 1 aliphatic carbocycles. The highest BCUT2D eigenvalue weighted by Crippen LogP contribution is 2.49. The molecule has 72 heavy (non-hydrogen) atoms. The number of rotatable bonds is 13. The van der Waals surface area contributed by atoms with Crippen molar-refractivity contribution in [3.63, 3.8) is 0 Å². The van der Waals surface area contributed by atoms with Crippen LogP contribution in [0.2, 0.25) is 0 Å². The van der Waals surface area contributed by atoms with Crippen molar-refractivity contribution in [1.82, 2.24) is 44.2 Å². The Kier molecular flexibility index (Phi) is 13.3. The van der Waals surface area contributed by atoms with Gasteiger partial charge in [-0.1, -0.05) is 0 Å². The number of carbonyl (C=O) groups excluding carboxylic acids is 2. The van der Waals surface area contributed by atoms with E-state index in [0.717, 1.165) is 113 Å². The fourth-order valence-corrected chi connectivity index (χ4v) is 13.3. The smallest absolute Gasteiger partial charge is 0.329 e. The standard InChI is InChI=1S/C52H63BrN13O5P/c1-61-44-27-35(7-10-41(44)66(52(61)69)42-11-12-46(67)59-50(42)68)63-19-13-32(14-20-63)31-62-23-25-64(26-24-62)34-15-21-65(22-16-34)43-29-45(71-2)40(28-36(43)33-5-6-33)58-51-56-30-37(53)49(60-51)57-39-9-8-38-47(55-18-17-54-38)48(39)72(3,4)70/h7-10,17-18,27-30,32-34,42H,5-6,11-16,19-26,31H2,1-4H3,(H,59,67,68)(H2,56,57,58,60). The van der Waals surface area contributed by atoms with Crippen LogP contribution in [0.3, 0.4) is 0 Å². The van der Waals surface area contributed by atoms with Gasteiger partial charge in [0.2, 0.25) is 17.8 Å². The number of hydrogen-bond donors (Lipinski definition) is 3. The van der Waals surface area contributed by atoms with Crippen molar-refractivity contribution in [2.45, 2.75) is 69.4 Å². The molecule has 378 valence electrons. The van der Waals surface area contributed by atoms with E-state index in [1.165, 1.54) is 24.1 Å². The van der Waals surface area contributed by atoms with Crippen molar-refractivity contribution in [2.75, 3.05) is 99.8 Å². The van der Waals surface area contributed by atoms with Gasteiger partial charge in [0.25, 0.3) is 0 Å². The van der Waals surface area contributed by atoms with E-state index < -0.39 is 19.1 Å². The summed E-state index contributed by atoms with van der Waals surface area (Å²) >= 11 is 3.63. The molecular formula is C52H63BrN13O5P. The van der Waals surface area contributed by atoms with Crippen molar-refractivity contribution in [1.29, 1.82) is 0 Å². The topological polar surface area (TPSA) is 188 Å². The molecule has 3 aromatic carbocycles. The van der Waals surface area contributed by atoms with Crippen LogP contribution in [-0.2, 0) is 21.2 Å². The van der Waals surface area contributed by atoms with Gasteiger partial charge in [0.15, 0.2) is 0 Å². The third-order valence-corrected chi connectivity index (χ3v) is 17.7. The minimum absolute atomic E-state index is 0.226. The number of hydrogen-bond acceptors (Lipinski definition) is 15. The van der Waals surface area contributed by atoms with Gasteiger partial charge in [-0.3, -0.25) is 38.9 Å². The van der Waals surface area contributed by atoms with E-state index in [0.29, 0.717) is 62.6 Å². The lowest BCUT2D eigenvalue weighted by Crippen LogP contribution is -2.54. The Bertz CT molecular complexity index is 3170. The summed E-state index contributed by atoms with van der Waals surface area (Å²) in [4.78, 5) is 66.6. The summed E-state index contributed by atoms with van der Waals surface area (Å²) in [6, 6.07) is 14.2. The number of imidazole rings is 1. The van der Waals surface area contributed by atoms with Gasteiger partial charge in [-0.15, -0.1) is 0 Å². The molecule has 0 spiro atoms. The predicted molar refractivity (Wildman–Crippen MR) is 287 cm³/mol. The third kappa shape index (κ3) is 9.72. The second kappa shape index (κ2) is 19.9. The van der Waals surface area contributed by atoms with E-state index >= 15 is 0 Å². The number of benzene rings is 3. The van der Waals surface area contributed by atoms with Crippen molar-refractivity contribution < 1.29 is 18.9 Å². The molecule has 4 aliphatic heterocycles. The maximum atomic E-state index is 13.6. The molecule has 5 fully saturated rings. The first kappa shape index (κ1) is 48.4. The average Bonchev–Trinajstić information content (AvgIpc) is 4.20. The largest absolute Gasteiger partial charge is 0.494 e. The molecule has 18 nitrogen and oxygen atoms in total. The summed E-state index contributed by atoms with van der Waals surface area (Å²) in [6.45, 7) is 13.0. The highest BCUT2D eigenvalue weighted by atomic mass is 79.9. The lowest BCUT2D eigenvalue weighted by Gasteiger charge is -2.44. The van der Waals surface area contributed by atoms with Crippen LogP contribution < -0.4 is 41.5 Å². The van der Waals surface area contributed by atoms with Crippen molar-refractivity contribution in [3.8, 4) is 5.75 Å². The second-order valence-corrected chi connectivity index (χ2v) is 24.6. The quantitative estimate of drug-likeness (QED) is 0.0797. The molecule has 0 radical (unpaired) electrons. The van der Waals surface area contributed by atoms with Crippen LogP contribution in [-0.4, -0.2) is 136 Å². The Balaban J connectivity index is 0.682. The third-order valence-electron chi connectivity index (χ3n) is 15.6. The molecule has 0 bridgehead atoms. The summed E-state index contributed by atoms with van der Waals surface area (Å²) in [6.07, 6.45) is 12.4. The number of aromatic nitrogens is 6. The highest BCUT2D eigenvalue weighted by molar-refractivity contribution is 9.10. The van der Waals surface area contributed by atoms with Crippen LogP contribution in [0.1, 0.15) is 68.9 Å². The van der Waals surface area contributed by atoms with Crippen LogP contribution in [0.5, 0.6) is 5.75 Å². The Morgan fingerprint density at radius 3 is 2.28 bits per heavy atom. The SMILES string of the molecule is COc1cc(N2CCC(N3CCN(CC4CCN(c5ccc6c(c5)n(C)c(=O)n6C5CCC(=O)NC5=O)CC4)CC3)CC2)c(C2CC2)cc1Nc1ncc(Br)c(Nc2ccc3nccnc3c2P(C)(C)=O)n1. The summed E-state index contributed by atoms with van der Waals surface area (Å²) in [5, 5.41) is 9.90. The van der Waals surface area contributed by atoms with Gasteiger partial charge in [-0.2, -0.15) is 4.98 Å². The minimum Gasteiger partial charge on any atom is -0.494 e. The number of piperazine rings is 1. The lowest BCUT2D eigenvalue weighted by molar-refractivity contribution is -0.135. The predicted octanol–water partition coefficient (Wildman–Crippen LogP) is 6.94. The van der Waals surface area contributed by atoms with Crippen LogP contribution in [0.4, 0.5) is 34.5 Å². The second-order valence-electron chi connectivity index (χ2n) is 20.6. The van der Waals surface area contributed by atoms with E-state index in [-0.39, 0.29) is 18.0 Å². The molecule has 4 saturated heterocycles. The zero-order valence-electron chi connectivity index (χ0n) is 41.4. The molecule has 7 heterocycles. The fourth-order valence-electron chi connectivity index (χ4n) is 11.6. The normalized spacial score (nSPS) is 20.1. The number of imide groups is 1. The van der Waals surface area contributed by atoms with Crippen molar-refractivity contribution >= 4 is 96.8 Å². The summed E-state index contributed by atoms with van der Waals surface area (Å²) in [5.41, 5.74) is 7.74. The van der Waals surface area contributed by atoms with Crippen molar-refractivity contribution in [3.05, 3.63) is 81.6 Å². The van der Waals surface area contributed by atoms with Crippen LogP contribution in [0, 0.1) is 5.92 Å². The highest BCUT2D eigenvalue weighted by Gasteiger charge is 2.35. The van der Waals surface area contributed by atoms with Gasteiger partial charge in [-0.05, 0) is 128 Å². The number of carbonyl (C=O) groups is 2. The number of nitrogens with one attached hydrogen (secondary N) is 3. The van der Waals surface area contributed by atoms with E-state index in [4.69, 9.17) is 9.72 Å². The monoisotopic (exact) mass is 1060 g/mol. The number of nitrogens with zero attached hydrogens (tertiary/aromatic N) is 10. The number of amides is 2. The summed E-state index contributed by atoms with van der Waals surface area (Å²) in [7, 11) is 0.691. The molecule has 20 heteroatoms. The maximum Gasteiger partial charge on any atom is 0.329 e. The van der Waals surface area contributed by atoms with E-state index in [2.05, 4.69) is 90.7 Å². The van der Waals surface area contributed by atoms with E-state index in [9.17, 15) is 18.9 Å². The Morgan fingerprint density at radius 1 is 0.806 bits per heavy atom. The molecule has 1 atom stereocenters. The van der Waals surface area contributed by atoms with Gasteiger partial charge in [-0.25, -0.2) is 9.78 Å². The van der Waals surface area contributed by atoms with Crippen LogP contribution >= 0.6 is 23.1 Å². The first-order valence-corrected chi connectivity index (χ1v) is 28.8. The van der Waals surface area contributed by atoms with Gasteiger partial charge in [0, 0.05) is 114 Å². The average molecular weight is 1060 g/mol. The molecule has 3 aromatic heterocycles. The van der Waals surface area contributed by atoms with Gasteiger partial charge in [0.1, 0.15) is 30.3 Å². The number of fused-ring (bicyclic) bond motifs is 2. The van der Waals surface area contributed by atoms with Gasteiger partial charge in [0.05, 0.1) is 44.8 Å². The lowest BCUT2D eigenvalue weighted by atomic mass is 9.95. The van der Waals surface area contributed by atoms with E-state index in [1.54, 1.807) is 55.2 Å². The molecule has 3 N–H and O–H groups in total. The molecule has 6 aromatic rings. The molecule has 1 unspecified atom stereocenters. The van der Waals surface area contributed by atoms with Gasteiger partial charge < -0.3 is 34.6 Å². The van der Waals surface area contributed by atoms with Crippen LogP contribution in [0.15, 0.2) is 70.3 Å². The van der Waals surface area contributed by atoms with Crippen LogP contribution in [0.25, 0.3) is 22.1 Å². The van der Waals surface area contributed by atoms with E-state index in [1.807, 2.05) is 18.2 Å². The fraction of sp³-hybridized carbons (Fsp3) is 0.481. The Labute approximate surface area is 427 Å². The van der Waals surface area contributed by atoms with Gasteiger partial charge >= 0.3 is 5.69 Å². The Morgan fingerprint density at radius 2 is 1.56 bits per heavy atom. The molecule has 1 saturated carbocycles. The maximum absolute atomic E-state index is 13.6. The first-order valence-electron chi connectivity index (χ1n) is 25.4. The zero-order chi connectivity index (χ0) is 49.8. The molecule has 5 aliphatic rings. The Hall–Kier alpha value is -5.88. The molecular weight excluding hydrogens is 998 g/mol. The number of aryl methyl sites for hydroxylation is 1. The summed E-state index contributed by atoms with van der Waals surface area (Å²) in [5.74, 6) is 2.12. The number of methoxy groups -OCH3 is 1. The number of ether oxygens (including phenoxy) is 1. The zero-order valence-corrected chi connectivity index (χ0v) is 43.9. The number of anilines is 6. The summed E-state index contributed by atoms with van der Waals surface area (Å²) < 4.78 is 23.5.